The van der Waals surface area contributed by atoms with Crippen LogP contribution < -0.4 is 10.5 Å². The first-order valence-corrected chi connectivity index (χ1v) is 10.6. The van der Waals surface area contributed by atoms with Gasteiger partial charge in [-0.3, -0.25) is 9.69 Å². The van der Waals surface area contributed by atoms with Gasteiger partial charge in [-0.1, -0.05) is 19.1 Å². The molecule has 1 saturated heterocycles. The highest BCUT2D eigenvalue weighted by atomic mass is 16.1. The first-order valence-electron chi connectivity index (χ1n) is 10.6. The lowest BCUT2D eigenvalue weighted by Gasteiger charge is -2.35. The third-order valence-corrected chi connectivity index (χ3v) is 5.88. The molecule has 4 rings (SSSR count). The summed E-state index contributed by atoms with van der Waals surface area (Å²) in [5.74, 6) is 0.949. The van der Waals surface area contributed by atoms with Crippen molar-refractivity contribution in [3.8, 4) is 6.07 Å². The molecule has 0 amide bonds. The summed E-state index contributed by atoms with van der Waals surface area (Å²) in [5, 5.41) is 10.00. The van der Waals surface area contributed by atoms with Crippen LogP contribution >= 0.6 is 0 Å². The number of aromatic amines is 1. The van der Waals surface area contributed by atoms with Gasteiger partial charge < -0.3 is 9.88 Å². The van der Waals surface area contributed by atoms with E-state index in [4.69, 9.17) is 5.26 Å². The third kappa shape index (κ3) is 4.52. The molecule has 3 aromatic rings. The van der Waals surface area contributed by atoms with Crippen LogP contribution in [0.5, 0.6) is 0 Å². The molecule has 0 atom stereocenters. The predicted octanol–water partition coefficient (Wildman–Crippen LogP) is 3.11. The zero-order valence-electron chi connectivity index (χ0n) is 17.4. The van der Waals surface area contributed by atoms with Gasteiger partial charge >= 0.3 is 0 Å². The fourth-order valence-corrected chi connectivity index (χ4v) is 4.06. The maximum absolute atomic E-state index is 12.1. The SMILES string of the molecule is CCc1cc2ccc(CCCN3CCN(c4ccc(C#N)cn4)CC3)cc2[nH]c1=O. The normalized spacial score (nSPS) is 14.7. The van der Waals surface area contributed by atoms with Gasteiger partial charge in [0.25, 0.3) is 5.56 Å². The van der Waals surface area contributed by atoms with Crippen molar-refractivity contribution >= 4 is 16.7 Å². The minimum Gasteiger partial charge on any atom is -0.354 e. The lowest BCUT2D eigenvalue weighted by atomic mass is 10.0. The van der Waals surface area contributed by atoms with Crippen LogP contribution in [0.4, 0.5) is 5.82 Å². The molecule has 1 N–H and O–H groups in total. The molecular formula is C24H27N5O. The smallest absolute Gasteiger partial charge is 0.251 e. The summed E-state index contributed by atoms with van der Waals surface area (Å²) in [6.45, 7) is 7.02. The molecule has 3 heterocycles. The highest BCUT2D eigenvalue weighted by Crippen LogP contribution is 2.17. The maximum atomic E-state index is 12.1. The lowest BCUT2D eigenvalue weighted by molar-refractivity contribution is 0.254. The molecule has 1 aliphatic rings. The van der Waals surface area contributed by atoms with Crippen molar-refractivity contribution in [3.63, 3.8) is 0 Å². The number of aromatic nitrogens is 2. The first-order chi connectivity index (χ1) is 14.7. The fourth-order valence-electron chi connectivity index (χ4n) is 4.06. The van der Waals surface area contributed by atoms with Crippen LogP contribution in [0, 0.1) is 11.3 Å². The first kappa shape index (κ1) is 20.1. The molecular weight excluding hydrogens is 374 g/mol. The Kier molecular flexibility index (Phi) is 6.10. The quantitative estimate of drug-likeness (QED) is 0.687. The average Bonchev–Trinajstić information content (AvgIpc) is 2.79. The standard InChI is InChI=1S/C24H27N5O/c1-2-20-15-21-7-5-18(14-22(21)27-24(20)30)4-3-9-28-10-12-29(13-11-28)23-8-6-19(16-25)17-26-23/h5-8,14-15,17H,2-4,9-13H2,1H3,(H,27,30). The van der Waals surface area contributed by atoms with Crippen LogP contribution in [0.2, 0.25) is 0 Å². The summed E-state index contributed by atoms with van der Waals surface area (Å²) in [6, 6.07) is 14.3. The van der Waals surface area contributed by atoms with Crippen LogP contribution in [0.3, 0.4) is 0 Å². The topological polar surface area (TPSA) is 76.0 Å². The number of benzene rings is 1. The van der Waals surface area contributed by atoms with Crippen molar-refractivity contribution in [3.05, 3.63) is 69.6 Å². The Morgan fingerprint density at radius 1 is 1.13 bits per heavy atom. The number of anilines is 1. The largest absolute Gasteiger partial charge is 0.354 e. The van der Waals surface area contributed by atoms with Crippen molar-refractivity contribution in [2.75, 3.05) is 37.6 Å². The second kappa shape index (κ2) is 9.10. The Morgan fingerprint density at radius 3 is 2.67 bits per heavy atom. The Hall–Kier alpha value is -3.17. The Labute approximate surface area is 176 Å². The molecule has 0 bridgehead atoms. The van der Waals surface area contributed by atoms with Gasteiger partial charge in [0.15, 0.2) is 0 Å². The van der Waals surface area contributed by atoms with E-state index < -0.39 is 0 Å². The molecule has 0 saturated carbocycles. The van der Waals surface area contributed by atoms with E-state index in [-0.39, 0.29) is 5.56 Å². The van der Waals surface area contributed by atoms with E-state index in [1.54, 1.807) is 6.20 Å². The number of rotatable bonds is 6. The van der Waals surface area contributed by atoms with Gasteiger partial charge in [-0.15, -0.1) is 0 Å². The number of fused-ring (bicyclic) bond motifs is 1. The number of nitriles is 1. The van der Waals surface area contributed by atoms with E-state index in [2.05, 4.69) is 44.0 Å². The minimum absolute atomic E-state index is 0.0248. The number of piperazine rings is 1. The molecule has 1 aliphatic heterocycles. The zero-order chi connectivity index (χ0) is 20.9. The van der Waals surface area contributed by atoms with Gasteiger partial charge in [-0.25, -0.2) is 4.98 Å². The summed E-state index contributed by atoms with van der Waals surface area (Å²) in [4.78, 5) is 24.3. The molecule has 30 heavy (non-hydrogen) atoms. The number of hydrogen-bond acceptors (Lipinski definition) is 5. The minimum atomic E-state index is 0.0248. The van der Waals surface area contributed by atoms with Gasteiger partial charge in [0.05, 0.1) is 5.56 Å². The molecule has 0 unspecified atom stereocenters. The highest BCUT2D eigenvalue weighted by molar-refractivity contribution is 5.79. The molecule has 2 aromatic heterocycles. The summed E-state index contributed by atoms with van der Waals surface area (Å²) in [5.41, 5.74) is 3.66. The summed E-state index contributed by atoms with van der Waals surface area (Å²) in [7, 11) is 0. The van der Waals surface area contributed by atoms with Crippen molar-refractivity contribution in [2.24, 2.45) is 0 Å². The number of H-pyrrole nitrogens is 1. The van der Waals surface area contributed by atoms with E-state index in [0.29, 0.717) is 5.56 Å². The van der Waals surface area contributed by atoms with Crippen LogP contribution in [0.1, 0.15) is 30.0 Å². The van der Waals surface area contributed by atoms with Crippen LogP contribution in [-0.2, 0) is 12.8 Å². The zero-order valence-corrected chi connectivity index (χ0v) is 17.4. The fraction of sp³-hybridized carbons (Fsp3) is 0.375. The van der Waals surface area contributed by atoms with Crippen molar-refractivity contribution in [1.29, 1.82) is 5.26 Å². The summed E-state index contributed by atoms with van der Waals surface area (Å²) in [6.07, 6.45) is 4.49. The van der Waals surface area contributed by atoms with Crippen LogP contribution in [0.15, 0.2) is 47.4 Å². The Balaban J connectivity index is 1.28. The second-order valence-corrected chi connectivity index (χ2v) is 7.85. The maximum Gasteiger partial charge on any atom is 0.251 e. The number of nitrogens with one attached hydrogen (secondary N) is 1. The van der Waals surface area contributed by atoms with Crippen LogP contribution in [0.25, 0.3) is 10.9 Å². The predicted molar refractivity (Wildman–Crippen MR) is 120 cm³/mol. The molecule has 0 spiro atoms. The number of aryl methyl sites for hydroxylation is 2. The summed E-state index contributed by atoms with van der Waals surface area (Å²) >= 11 is 0. The van der Waals surface area contributed by atoms with Gasteiger partial charge in [0.2, 0.25) is 0 Å². The molecule has 6 nitrogen and oxygen atoms in total. The van der Waals surface area contributed by atoms with Gasteiger partial charge in [-0.05, 0) is 61.0 Å². The molecule has 154 valence electrons. The van der Waals surface area contributed by atoms with Gasteiger partial charge in [-0.2, -0.15) is 5.26 Å². The molecule has 1 fully saturated rings. The summed E-state index contributed by atoms with van der Waals surface area (Å²) < 4.78 is 0. The molecule has 0 radical (unpaired) electrons. The molecule has 1 aromatic carbocycles. The Bertz CT molecular complexity index is 1110. The average molecular weight is 402 g/mol. The lowest BCUT2D eigenvalue weighted by Crippen LogP contribution is -2.47. The highest BCUT2D eigenvalue weighted by Gasteiger charge is 2.17. The van der Waals surface area contributed by atoms with Crippen LogP contribution in [-0.4, -0.2) is 47.6 Å². The van der Waals surface area contributed by atoms with E-state index >= 15 is 0 Å². The second-order valence-electron chi connectivity index (χ2n) is 7.85. The molecule has 6 heteroatoms. The van der Waals surface area contributed by atoms with E-state index in [0.717, 1.165) is 74.3 Å². The molecule has 0 aliphatic carbocycles. The number of hydrogen-bond donors (Lipinski definition) is 1. The number of nitrogens with zero attached hydrogens (tertiary/aromatic N) is 4. The third-order valence-electron chi connectivity index (χ3n) is 5.88. The Morgan fingerprint density at radius 2 is 1.97 bits per heavy atom. The van der Waals surface area contributed by atoms with Crippen molar-refractivity contribution in [1.82, 2.24) is 14.9 Å². The monoisotopic (exact) mass is 401 g/mol. The van der Waals surface area contributed by atoms with E-state index in [1.165, 1.54) is 5.56 Å². The number of pyridine rings is 2. The van der Waals surface area contributed by atoms with Gasteiger partial charge in [0.1, 0.15) is 11.9 Å². The van der Waals surface area contributed by atoms with E-state index in [1.807, 2.05) is 25.1 Å². The van der Waals surface area contributed by atoms with Gasteiger partial charge in [0, 0.05) is 43.5 Å². The van der Waals surface area contributed by atoms with Crippen molar-refractivity contribution in [2.45, 2.75) is 26.2 Å². The van der Waals surface area contributed by atoms with E-state index in [9.17, 15) is 4.79 Å². The van der Waals surface area contributed by atoms with Crippen molar-refractivity contribution < 1.29 is 0 Å².